The number of piperidine rings is 1. The third kappa shape index (κ3) is 4.35. The van der Waals surface area contributed by atoms with Crippen molar-refractivity contribution in [3.63, 3.8) is 0 Å². The number of hydrogen-bond acceptors (Lipinski definition) is 4. The molecule has 0 aromatic heterocycles. The van der Waals surface area contributed by atoms with Gasteiger partial charge in [-0.1, -0.05) is 35.9 Å². The van der Waals surface area contributed by atoms with Crippen molar-refractivity contribution < 1.29 is 19.1 Å². The van der Waals surface area contributed by atoms with Gasteiger partial charge in [-0.05, 0) is 25.3 Å². The Kier molecular flexibility index (Phi) is 5.58. The van der Waals surface area contributed by atoms with E-state index in [4.69, 9.17) is 4.74 Å². The lowest BCUT2D eigenvalue weighted by atomic mass is 9.98. The van der Waals surface area contributed by atoms with Crippen molar-refractivity contribution in [2.45, 2.75) is 32.4 Å². The maximum atomic E-state index is 12.2. The van der Waals surface area contributed by atoms with E-state index in [0.29, 0.717) is 19.4 Å². The van der Waals surface area contributed by atoms with Crippen LogP contribution in [0.4, 0.5) is 4.79 Å². The zero-order valence-corrected chi connectivity index (χ0v) is 13.0. The molecule has 1 unspecified atom stereocenters. The van der Waals surface area contributed by atoms with Gasteiger partial charge in [0, 0.05) is 18.7 Å². The molecule has 0 N–H and O–H groups in total. The van der Waals surface area contributed by atoms with E-state index in [0.717, 1.165) is 11.1 Å². The Hall–Kier alpha value is -2.30. The van der Waals surface area contributed by atoms with Crippen LogP contribution >= 0.6 is 0 Å². The van der Waals surface area contributed by atoms with E-state index < -0.39 is 0 Å². The van der Waals surface area contributed by atoms with E-state index in [1.165, 1.54) is 13.2 Å². The maximum Gasteiger partial charge on any atom is 0.410 e. The van der Waals surface area contributed by atoms with Gasteiger partial charge in [0.25, 0.3) is 0 Å². The number of nitrogens with zero attached hydrogens (tertiary/aromatic N) is 1. The van der Waals surface area contributed by atoms with Crippen molar-refractivity contribution in [2.75, 3.05) is 13.7 Å². The van der Waals surface area contributed by atoms with Crippen LogP contribution in [0.25, 0.3) is 0 Å². The van der Waals surface area contributed by atoms with Crippen LogP contribution in [0.15, 0.2) is 42.0 Å². The normalized spacial score (nSPS) is 19.8. The molecule has 0 radical (unpaired) electrons. The molecule has 0 spiro atoms. The fraction of sp³-hybridized carbons (Fsp3) is 0.412. The average Bonchev–Trinajstić information content (AvgIpc) is 2.53. The topological polar surface area (TPSA) is 55.8 Å². The number of esters is 1. The summed E-state index contributed by atoms with van der Waals surface area (Å²) in [6.07, 6.45) is 2.53. The number of likely N-dealkylation sites (tertiary alicyclic amines) is 1. The van der Waals surface area contributed by atoms with Gasteiger partial charge in [0.1, 0.15) is 6.61 Å². The molecule has 1 aliphatic rings. The predicted molar refractivity (Wildman–Crippen MR) is 82.1 cm³/mol. The predicted octanol–water partition coefficient (Wildman–Crippen LogP) is 2.91. The van der Waals surface area contributed by atoms with Gasteiger partial charge < -0.3 is 14.4 Å². The molecule has 1 atom stereocenters. The van der Waals surface area contributed by atoms with E-state index in [2.05, 4.69) is 4.74 Å². The summed E-state index contributed by atoms with van der Waals surface area (Å²) >= 11 is 0. The van der Waals surface area contributed by atoms with Gasteiger partial charge >= 0.3 is 12.1 Å². The number of carbonyl (C=O) groups excluding carboxylic acids is 2. The lowest BCUT2D eigenvalue weighted by molar-refractivity contribution is -0.134. The summed E-state index contributed by atoms with van der Waals surface area (Å²) in [6.45, 7) is 2.78. The second-order valence-electron chi connectivity index (χ2n) is 5.36. The average molecular weight is 303 g/mol. The van der Waals surface area contributed by atoms with Crippen LogP contribution in [-0.2, 0) is 20.9 Å². The molecule has 1 aromatic rings. The first-order valence-electron chi connectivity index (χ1n) is 7.35. The van der Waals surface area contributed by atoms with E-state index in [-0.39, 0.29) is 24.7 Å². The lowest BCUT2D eigenvalue weighted by Gasteiger charge is -2.33. The van der Waals surface area contributed by atoms with Crippen LogP contribution in [0.3, 0.4) is 0 Å². The summed E-state index contributed by atoms with van der Waals surface area (Å²) in [4.78, 5) is 25.1. The van der Waals surface area contributed by atoms with Crippen LogP contribution in [0.1, 0.15) is 25.3 Å². The fourth-order valence-electron chi connectivity index (χ4n) is 2.51. The third-order valence-electron chi connectivity index (χ3n) is 3.73. The van der Waals surface area contributed by atoms with Crippen molar-refractivity contribution in [3.8, 4) is 0 Å². The zero-order valence-electron chi connectivity index (χ0n) is 13.0. The Morgan fingerprint density at radius 2 is 2.05 bits per heavy atom. The first-order valence-corrected chi connectivity index (χ1v) is 7.35. The molecule has 0 saturated carbocycles. The zero-order chi connectivity index (χ0) is 15.9. The smallest absolute Gasteiger partial charge is 0.410 e. The Morgan fingerprint density at radius 3 is 2.68 bits per heavy atom. The fourth-order valence-corrected chi connectivity index (χ4v) is 2.51. The van der Waals surface area contributed by atoms with Crippen LogP contribution in [0.5, 0.6) is 0 Å². The quantitative estimate of drug-likeness (QED) is 0.636. The molecule has 2 rings (SSSR count). The molecular formula is C17H21NO4. The minimum Gasteiger partial charge on any atom is -0.466 e. The minimum absolute atomic E-state index is 0.00734. The standard InChI is InChI=1S/C17H21NO4/c1-13-10-15(11-16(19)21-2)8-9-18(13)17(20)22-12-14-6-4-3-5-7-14/h3-7,11,13H,8-10,12H2,1-2H3/b15-11+. The molecule has 1 aromatic carbocycles. The highest BCUT2D eigenvalue weighted by atomic mass is 16.6. The summed E-state index contributed by atoms with van der Waals surface area (Å²) in [7, 11) is 1.36. The third-order valence-corrected chi connectivity index (χ3v) is 3.73. The minimum atomic E-state index is -0.345. The molecule has 118 valence electrons. The second kappa shape index (κ2) is 7.64. The van der Waals surface area contributed by atoms with Gasteiger partial charge in [-0.25, -0.2) is 9.59 Å². The SMILES string of the molecule is COC(=O)/C=C1\CCN(C(=O)OCc2ccccc2)C(C)C1. The molecule has 1 amide bonds. The summed E-state index contributed by atoms with van der Waals surface area (Å²) in [6, 6.07) is 9.60. The maximum absolute atomic E-state index is 12.2. The molecule has 22 heavy (non-hydrogen) atoms. The number of rotatable bonds is 3. The van der Waals surface area contributed by atoms with Crippen molar-refractivity contribution in [1.29, 1.82) is 0 Å². The highest BCUT2D eigenvalue weighted by Gasteiger charge is 2.27. The van der Waals surface area contributed by atoms with E-state index in [1.807, 2.05) is 37.3 Å². The molecule has 5 heteroatoms. The number of carbonyl (C=O) groups is 2. The summed E-state index contributed by atoms with van der Waals surface area (Å²) < 4.78 is 9.98. The van der Waals surface area contributed by atoms with Crippen LogP contribution in [0.2, 0.25) is 0 Å². The van der Waals surface area contributed by atoms with Gasteiger partial charge in [-0.15, -0.1) is 0 Å². The Morgan fingerprint density at radius 1 is 1.32 bits per heavy atom. The van der Waals surface area contributed by atoms with E-state index in [1.54, 1.807) is 4.90 Å². The van der Waals surface area contributed by atoms with E-state index in [9.17, 15) is 9.59 Å². The summed E-state index contributed by atoms with van der Waals surface area (Å²) in [5.74, 6) is -0.345. The first-order chi connectivity index (χ1) is 10.6. The van der Waals surface area contributed by atoms with Gasteiger partial charge in [0.2, 0.25) is 0 Å². The Bertz CT molecular complexity index is 553. The largest absolute Gasteiger partial charge is 0.466 e. The van der Waals surface area contributed by atoms with Crippen LogP contribution < -0.4 is 0 Å². The van der Waals surface area contributed by atoms with Gasteiger partial charge in [-0.3, -0.25) is 0 Å². The van der Waals surface area contributed by atoms with Crippen molar-refractivity contribution in [3.05, 3.63) is 47.5 Å². The molecule has 0 bridgehead atoms. The van der Waals surface area contributed by atoms with Crippen molar-refractivity contribution >= 4 is 12.1 Å². The monoisotopic (exact) mass is 303 g/mol. The number of methoxy groups -OCH3 is 1. The van der Waals surface area contributed by atoms with Gasteiger partial charge in [0.15, 0.2) is 0 Å². The molecular weight excluding hydrogens is 282 g/mol. The number of benzene rings is 1. The molecule has 1 aliphatic heterocycles. The number of amides is 1. The van der Waals surface area contributed by atoms with Crippen molar-refractivity contribution in [2.24, 2.45) is 0 Å². The Labute approximate surface area is 130 Å². The molecule has 1 heterocycles. The lowest BCUT2D eigenvalue weighted by Crippen LogP contribution is -2.43. The van der Waals surface area contributed by atoms with Crippen LogP contribution in [-0.4, -0.2) is 36.7 Å². The van der Waals surface area contributed by atoms with E-state index >= 15 is 0 Å². The van der Waals surface area contributed by atoms with Gasteiger partial charge in [-0.2, -0.15) is 0 Å². The number of ether oxygens (including phenoxy) is 2. The summed E-state index contributed by atoms with van der Waals surface area (Å²) in [5.41, 5.74) is 1.97. The second-order valence-corrected chi connectivity index (χ2v) is 5.36. The van der Waals surface area contributed by atoms with Gasteiger partial charge in [0.05, 0.1) is 7.11 Å². The number of hydrogen-bond donors (Lipinski definition) is 0. The molecule has 1 fully saturated rings. The highest BCUT2D eigenvalue weighted by Crippen LogP contribution is 2.23. The first kappa shape index (κ1) is 16.1. The highest BCUT2D eigenvalue weighted by molar-refractivity contribution is 5.82. The van der Waals surface area contributed by atoms with Crippen molar-refractivity contribution in [1.82, 2.24) is 4.90 Å². The summed E-state index contributed by atoms with van der Waals surface area (Å²) in [5, 5.41) is 0. The molecule has 1 saturated heterocycles. The van der Waals surface area contributed by atoms with Crippen LogP contribution in [0, 0.1) is 0 Å². The Balaban J connectivity index is 1.87. The molecule has 5 nitrogen and oxygen atoms in total. The molecule has 0 aliphatic carbocycles.